The zero-order chi connectivity index (χ0) is 12.3. The van der Waals surface area contributed by atoms with Crippen molar-refractivity contribution in [3.05, 3.63) is 30.0 Å². The summed E-state index contributed by atoms with van der Waals surface area (Å²) in [6.07, 6.45) is 6.00. The van der Waals surface area contributed by atoms with Gasteiger partial charge in [-0.15, -0.1) is 0 Å². The number of H-pyrrole nitrogens is 1. The first-order chi connectivity index (χ1) is 8.74. The van der Waals surface area contributed by atoms with Gasteiger partial charge in [0.25, 0.3) is 0 Å². The molecule has 0 aliphatic heterocycles. The van der Waals surface area contributed by atoms with Crippen molar-refractivity contribution in [3.8, 4) is 5.75 Å². The molecular formula is C15H18N2O. The van der Waals surface area contributed by atoms with Gasteiger partial charge in [0, 0.05) is 29.1 Å². The van der Waals surface area contributed by atoms with Gasteiger partial charge >= 0.3 is 0 Å². The van der Waals surface area contributed by atoms with Gasteiger partial charge in [0.15, 0.2) is 0 Å². The number of hydrogen-bond acceptors (Lipinski definition) is 2. The van der Waals surface area contributed by atoms with Crippen LogP contribution in [0.1, 0.15) is 30.7 Å². The molecule has 2 fully saturated rings. The minimum absolute atomic E-state index is 0.296. The minimum Gasteiger partial charge on any atom is -0.508 e. The van der Waals surface area contributed by atoms with Gasteiger partial charge < -0.3 is 15.8 Å². The number of nitrogens with one attached hydrogen (secondary N) is 1. The Morgan fingerprint density at radius 1 is 1.22 bits per heavy atom. The molecule has 2 bridgehead atoms. The maximum atomic E-state index is 9.67. The highest BCUT2D eigenvalue weighted by atomic mass is 16.3. The van der Waals surface area contributed by atoms with Crippen molar-refractivity contribution in [1.82, 2.24) is 4.98 Å². The monoisotopic (exact) mass is 242 g/mol. The number of aromatic nitrogens is 1. The number of nitrogens with two attached hydrogens (primary N) is 1. The van der Waals surface area contributed by atoms with Crippen LogP contribution in [0.3, 0.4) is 0 Å². The zero-order valence-corrected chi connectivity index (χ0v) is 10.3. The standard InChI is InChI=1S/C15H18N2O/c16-15-9-2-1-8(5-9)14(15)12-7-17-13-4-3-10(18)6-11(12)13/h3-4,6-9,14-15,17-18H,1-2,5,16H2/t8-,9+,14-,15+/m0/s1. The Morgan fingerprint density at radius 3 is 2.83 bits per heavy atom. The highest BCUT2D eigenvalue weighted by Gasteiger charge is 2.46. The van der Waals surface area contributed by atoms with Gasteiger partial charge in [-0.05, 0) is 54.9 Å². The summed E-state index contributed by atoms with van der Waals surface area (Å²) in [7, 11) is 0. The van der Waals surface area contributed by atoms with Crippen LogP contribution in [0.4, 0.5) is 0 Å². The van der Waals surface area contributed by atoms with Gasteiger partial charge in [-0.2, -0.15) is 0 Å². The molecule has 18 heavy (non-hydrogen) atoms. The van der Waals surface area contributed by atoms with Crippen molar-refractivity contribution < 1.29 is 5.11 Å². The average molecular weight is 242 g/mol. The highest BCUT2D eigenvalue weighted by Crippen LogP contribution is 2.53. The number of fused-ring (bicyclic) bond motifs is 3. The third-order valence-corrected chi connectivity index (χ3v) is 5.04. The lowest BCUT2D eigenvalue weighted by molar-refractivity contribution is 0.367. The summed E-state index contributed by atoms with van der Waals surface area (Å²) in [6, 6.07) is 5.82. The van der Waals surface area contributed by atoms with Crippen molar-refractivity contribution in [3.63, 3.8) is 0 Å². The summed E-state index contributed by atoms with van der Waals surface area (Å²) < 4.78 is 0. The molecule has 0 amide bonds. The second kappa shape index (κ2) is 3.51. The summed E-state index contributed by atoms with van der Waals surface area (Å²) in [4.78, 5) is 3.31. The fourth-order valence-corrected chi connectivity index (χ4v) is 4.20. The molecule has 0 radical (unpaired) electrons. The fourth-order valence-electron chi connectivity index (χ4n) is 4.20. The minimum atomic E-state index is 0.296. The maximum absolute atomic E-state index is 9.67. The van der Waals surface area contributed by atoms with Crippen molar-refractivity contribution in [1.29, 1.82) is 0 Å². The van der Waals surface area contributed by atoms with Gasteiger partial charge in [-0.1, -0.05) is 0 Å². The SMILES string of the molecule is N[C@@H]1[C@@H]2CC[C@@H](C2)[C@H]1c1c[nH]c2ccc(O)cc12. The molecular weight excluding hydrogens is 224 g/mol. The molecule has 0 spiro atoms. The third-order valence-electron chi connectivity index (χ3n) is 5.04. The van der Waals surface area contributed by atoms with Crippen LogP contribution in [0.15, 0.2) is 24.4 Å². The van der Waals surface area contributed by atoms with E-state index in [0.29, 0.717) is 23.6 Å². The molecule has 2 aliphatic carbocycles. The Hall–Kier alpha value is -1.48. The Balaban J connectivity index is 1.85. The van der Waals surface area contributed by atoms with Gasteiger partial charge in [0.05, 0.1) is 0 Å². The van der Waals surface area contributed by atoms with E-state index < -0.39 is 0 Å². The first-order valence-corrected chi connectivity index (χ1v) is 6.79. The lowest BCUT2D eigenvalue weighted by atomic mass is 9.80. The molecule has 4 rings (SSSR count). The van der Waals surface area contributed by atoms with E-state index in [2.05, 4.69) is 11.2 Å². The van der Waals surface area contributed by atoms with E-state index in [1.54, 1.807) is 6.07 Å². The number of benzene rings is 1. The van der Waals surface area contributed by atoms with E-state index in [1.807, 2.05) is 12.1 Å². The van der Waals surface area contributed by atoms with E-state index in [4.69, 9.17) is 5.73 Å². The number of phenolic OH excluding ortho intramolecular Hbond substituents is 1. The number of hydrogen-bond donors (Lipinski definition) is 3. The van der Waals surface area contributed by atoms with Crippen LogP contribution < -0.4 is 5.73 Å². The van der Waals surface area contributed by atoms with Gasteiger partial charge in [0.2, 0.25) is 0 Å². The van der Waals surface area contributed by atoms with Gasteiger partial charge in [0.1, 0.15) is 5.75 Å². The molecule has 94 valence electrons. The fraction of sp³-hybridized carbons (Fsp3) is 0.467. The lowest BCUT2D eigenvalue weighted by Gasteiger charge is -2.28. The predicted molar refractivity (Wildman–Crippen MR) is 71.5 cm³/mol. The second-order valence-corrected chi connectivity index (χ2v) is 5.91. The molecule has 1 heterocycles. The van der Waals surface area contributed by atoms with Crippen molar-refractivity contribution in [2.24, 2.45) is 17.6 Å². The predicted octanol–water partition coefficient (Wildman–Crippen LogP) is 2.71. The van der Waals surface area contributed by atoms with E-state index >= 15 is 0 Å². The van der Waals surface area contributed by atoms with E-state index in [1.165, 1.54) is 24.8 Å². The lowest BCUT2D eigenvalue weighted by Crippen LogP contribution is -2.33. The summed E-state index contributed by atoms with van der Waals surface area (Å²) in [6.45, 7) is 0. The van der Waals surface area contributed by atoms with Crippen molar-refractivity contribution in [2.75, 3.05) is 0 Å². The quantitative estimate of drug-likeness (QED) is 0.720. The molecule has 0 saturated heterocycles. The second-order valence-electron chi connectivity index (χ2n) is 5.91. The summed E-state index contributed by atoms with van der Waals surface area (Å²) >= 11 is 0. The van der Waals surface area contributed by atoms with Crippen molar-refractivity contribution >= 4 is 10.9 Å². The van der Waals surface area contributed by atoms with Crippen LogP contribution >= 0.6 is 0 Å². The van der Waals surface area contributed by atoms with E-state index in [-0.39, 0.29) is 0 Å². The van der Waals surface area contributed by atoms with Gasteiger partial charge in [-0.3, -0.25) is 0 Å². The van der Waals surface area contributed by atoms with Crippen LogP contribution in [0.2, 0.25) is 0 Å². The Labute approximate surface area is 106 Å². The first-order valence-electron chi connectivity index (χ1n) is 6.79. The Morgan fingerprint density at radius 2 is 2.06 bits per heavy atom. The largest absolute Gasteiger partial charge is 0.508 e. The molecule has 2 aliphatic rings. The Bertz CT molecular complexity index is 602. The van der Waals surface area contributed by atoms with Crippen molar-refractivity contribution in [2.45, 2.75) is 31.2 Å². The molecule has 4 atom stereocenters. The van der Waals surface area contributed by atoms with Crippen LogP contribution in [0.5, 0.6) is 5.75 Å². The van der Waals surface area contributed by atoms with Crippen LogP contribution in [-0.2, 0) is 0 Å². The van der Waals surface area contributed by atoms with E-state index in [0.717, 1.165) is 16.8 Å². The Kier molecular flexibility index (Phi) is 2.04. The topological polar surface area (TPSA) is 62.0 Å². The van der Waals surface area contributed by atoms with Crippen LogP contribution in [-0.4, -0.2) is 16.1 Å². The normalized spacial score (nSPS) is 34.5. The number of aromatic hydroxyl groups is 1. The number of aromatic amines is 1. The molecule has 0 unspecified atom stereocenters. The molecule has 1 aromatic carbocycles. The van der Waals surface area contributed by atoms with Crippen LogP contribution in [0, 0.1) is 11.8 Å². The third kappa shape index (κ3) is 1.28. The average Bonchev–Trinajstić information content (AvgIpc) is 3.03. The molecule has 2 aromatic rings. The van der Waals surface area contributed by atoms with E-state index in [9.17, 15) is 5.11 Å². The molecule has 1 aromatic heterocycles. The first kappa shape index (κ1) is 10.4. The smallest absolute Gasteiger partial charge is 0.116 e. The summed E-state index contributed by atoms with van der Waals surface area (Å²) in [5, 5.41) is 10.8. The maximum Gasteiger partial charge on any atom is 0.116 e. The summed E-state index contributed by atoms with van der Waals surface area (Å²) in [5.74, 6) is 2.26. The molecule has 2 saturated carbocycles. The molecule has 4 N–H and O–H groups in total. The van der Waals surface area contributed by atoms with Gasteiger partial charge in [-0.25, -0.2) is 0 Å². The van der Waals surface area contributed by atoms with Crippen LogP contribution in [0.25, 0.3) is 10.9 Å². The number of rotatable bonds is 1. The zero-order valence-electron chi connectivity index (χ0n) is 10.3. The summed E-state index contributed by atoms with van der Waals surface area (Å²) in [5.41, 5.74) is 8.81. The molecule has 3 nitrogen and oxygen atoms in total. The number of phenols is 1. The highest BCUT2D eigenvalue weighted by molar-refractivity contribution is 5.85. The molecule has 3 heteroatoms.